The Morgan fingerprint density at radius 1 is 1.30 bits per heavy atom. The van der Waals surface area contributed by atoms with Crippen LogP contribution < -0.4 is 21.3 Å². The number of halogens is 1. The van der Waals surface area contributed by atoms with Crippen LogP contribution in [-0.4, -0.2) is 24.3 Å². The van der Waals surface area contributed by atoms with E-state index in [1.165, 1.54) is 10.4 Å². The molecule has 0 bridgehead atoms. The number of anilines is 1. The average molecular weight is 405 g/mol. The van der Waals surface area contributed by atoms with Crippen LogP contribution in [0.3, 0.4) is 0 Å². The van der Waals surface area contributed by atoms with Crippen molar-refractivity contribution >= 4 is 28.6 Å². The maximum absolute atomic E-state index is 9.48. The number of aromatic hydroxyl groups is 1. The minimum Gasteiger partial charge on any atom is -0.508 e. The second kappa shape index (κ2) is 6.68. The first kappa shape index (κ1) is 17.3. The zero-order valence-electron chi connectivity index (χ0n) is 14.7. The number of nitrogens with zero attached hydrogens (tertiary/aromatic N) is 1. The van der Waals surface area contributed by atoms with Crippen molar-refractivity contribution in [2.24, 2.45) is 0 Å². The Morgan fingerprint density at radius 3 is 3.00 bits per heavy atom. The number of thiophene rings is 1. The molecule has 3 aliphatic rings. The molecule has 4 N–H and O–H groups in total. The van der Waals surface area contributed by atoms with Gasteiger partial charge in [0.25, 0.3) is 0 Å². The van der Waals surface area contributed by atoms with Crippen molar-refractivity contribution in [1.82, 2.24) is 16.3 Å². The van der Waals surface area contributed by atoms with Crippen LogP contribution in [0.15, 0.2) is 42.2 Å². The van der Waals surface area contributed by atoms with Crippen molar-refractivity contribution in [2.45, 2.75) is 30.9 Å². The minimum atomic E-state index is -0.254. The molecule has 6 nitrogen and oxygen atoms in total. The third kappa shape index (κ3) is 3.09. The van der Waals surface area contributed by atoms with Gasteiger partial charge < -0.3 is 20.6 Å². The van der Waals surface area contributed by atoms with Gasteiger partial charge in [0.05, 0.1) is 28.4 Å². The maximum Gasteiger partial charge on any atom is 0.115 e. The predicted molar refractivity (Wildman–Crippen MR) is 107 cm³/mol. The number of ether oxygens (including phenoxy) is 1. The SMILES string of the molecule is Oc1ccc(N2C=C([C@@H]3CC4(CCN3)OCCc3cc(Cl)sc34)NN2)cc1. The van der Waals surface area contributed by atoms with Crippen LogP contribution in [0.2, 0.25) is 4.34 Å². The standard InChI is InChI=1S/C19H21ClN4O2S/c20-17-9-12-5-8-26-19(18(12)27-17)6-7-21-15(10-19)16-11-24(23-22-16)13-1-3-14(25)4-2-13/h1-4,9,11,15,21-23,25H,5-8,10H2/t15-,19?/m0/s1. The molecule has 1 saturated heterocycles. The number of nitrogens with one attached hydrogen (secondary N) is 3. The van der Waals surface area contributed by atoms with E-state index in [0.717, 1.165) is 48.1 Å². The number of hydrogen-bond donors (Lipinski definition) is 4. The van der Waals surface area contributed by atoms with E-state index in [1.54, 1.807) is 23.5 Å². The number of piperidine rings is 1. The first-order valence-electron chi connectivity index (χ1n) is 9.11. The lowest BCUT2D eigenvalue weighted by Gasteiger charge is -2.43. The van der Waals surface area contributed by atoms with Gasteiger partial charge in [0.2, 0.25) is 0 Å². The second-order valence-corrected chi connectivity index (χ2v) is 8.85. The Bertz CT molecular complexity index is 884. The summed E-state index contributed by atoms with van der Waals surface area (Å²) in [7, 11) is 0. The lowest BCUT2D eigenvalue weighted by molar-refractivity contribution is -0.0839. The van der Waals surface area contributed by atoms with E-state index in [9.17, 15) is 5.11 Å². The molecular formula is C19H21ClN4O2S. The number of rotatable bonds is 2. The zero-order chi connectivity index (χ0) is 18.4. The van der Waals surface area contributed by atoms with Crippen molar-refractivity contribution in [2.75, 3.05) is 18.2 Å². The van der Waals surface area contributed by atoms with E-state index in [4.69, 9.17) is 16.3 Å². The smallest absolute Gasteiger partial charge is 0.115 e. The van der Waals surface area contributed by atoms with E-state index >= 15 is 0 Å². The molecule has 8 heteroatoms. The predicted octanol–water partition coefficient (Wildman–Crippen LogP) is 3.00. The van der Waals surface area contributed by atoms with E-state index < -0.39 is 0 Å². The van der Waals surface area contributed by atoms with Gasteiger partial charge in [-0.25, -0.2) is 0 Å². The summed E-state index contributed by atoms with van der Waals surface area (Å²) in [4.78, 5) is 1.30. The summed E-state index contributed by atoms with van der Waals surface area (Å²) < 4.78 is 7.20. The highest BCUT2D eigenvalue weighted by molar-refractivity contribution is 7.16. The molecule has 1 spiro atoms. The van der Waals surface area contributed by atoms with Crippen molar-refractivity contribution < 1.29 is 9.84 Å². The number of phenols is 1. The Labute approximate surface area is 166 Å². The highest BCUT2D eigenvalue weighted by Crippen LogP contribution is 2.47. The summed E-state index contributed by atoms with van der Waals surface area (Å²) in [6.45, 7) is 1.63. The molecule has 2 atom stereocenters. The Kier molecular flexibility index (Phi) is 4.29. The summed E-state index contributed by atoms with van der Waals surface area (Å²) in [5.74, 6) is 0.255. The molecule has 1 aromatic heterocycles. The quantitative estimate of drug-likeness (QED) is 0.617. The molecule has 0 saturated carbocycles. The van der Waals surface area contributed by atoms with Crippen molar-refractivity contribution in [1.29, 1.82) is 0 Å². The van der Waals surface area contributed by atoms with Gasteiger partial charge in [0.1, 0.15) is 11.4 Å². The van der Waals surface area contributed by atoms with Crippen LogP contribution in [-0.2, 0) is 16.8 Å². The van der Waals surface area contributed by atoms with E-state index in [-0.39, 0.29) is 17.4 Å². The lowest BCUT2D eigenvalue weighted by atomic mass is 9.82. The molecule has 0 radical (unpaired) electrons. The van der Waals surface area contributed by atoms with Crippen molar-refractivity contribution in [3.8, 4) is 5.75 Å². The van der Waals surface area contributed by atoms with E-state index in [2.05, 4.69) is 22.3 Å². The monoisotopic (exact) mass is 404 g/mol. The van der Waals surface area contributed by atoms with E-state index in [0.29, 0.717) is 0 Å². The Hall–Kier alpha value is -1.77. The van der Waals surface area contributed by atoms with Crippen LogP contribution >= 0.6 is 22.9 Å². The summed E-state index contributed by atoms with van der Waals surface area (Å²) in [5, 5.41) is 15.0. The van der Waals surface area contributed by atoms with Gasteiger partial charge in [-0.15, -0.1) is 16.9 Å². The molecule has 0 aliphatic carbocycles. The number of hydrazine groups is 2. The van der Waals surface area contributed by atoms with Crippen LogP contribution in [0.25, 0.3) is 0 Å². The van der Waals surface area contributed by atoms with Crippen LogP contribution in [0.4, 0.5) is 5.69 Å². The molecule has 4 heterocycles. The lowest BCUT2D eigenvalue weighted by Crippen LogP contribution is -2.51. The maximum atomic E-state index is 9.48. The van der Waals surface area contributed by atoms with Crippen LogP contribution in [0.1, 0.15) is 23.3 Å². The number of hydrogen-bond acceptors (Lipinski definition) is 7. The molecule has 0 amide bonds. The third-order valence-electron chi connectivity index (χ3n) is 5.49. The molecule has 1 unspecified atom stereocenters. The summed E-state index contributed by atoms with van der Waals surface area (Å²) in [6, 6.07) is 9.33. The summed E-state index contributed by atoms with van der Waals surface area (Å²) in [6.07, 6.45) is 4.81. The average Bonchev–Trinajstić information content (AvgIpc) is 3.30. The van der Waals surface area contributed by atoms with Gasteiger partial charge in [-0.2, -0.15) is 0 Å². The number of benzene rings is 1. The minimum absolute atomic E-state index is 0.153. The van der Waals surface area contributed by atoms with Crippen LogP contribution in [0, 0.1) is 0 Å². The van der Waals surface area contributed by atoms with Gasteiger partial charge in [-0.3, -0.25) is 5.01 Å². The number of phenolic OH excluding ortho intramolecular Hbond substituents is 1. The fourth-order valence-corrected chi connectivity index (χ4v) is 5.64. The van der Waals surface area contributed by atoms with E-state index in [1.807, 2.05) is 23.3 Å². The number of fused-ring (bicyclic) bond motifs is 2. The van der Waals surface area contributed by atoms with Gasteiger partial charge in [0, 0.05) is 17.5 Å². The normalized spacial score (nSPS) is 27.4. The first-order valence-corrected chi connectivity index (χ1v) is 10.3. The fourth-order valence-electron chi connectivity index (χ4n) is 4.16. The fraction of sp³-hybridized carbons (Fsp3) is 0.368. The first-order chi connectivity index (χ1) is 13.1. The highest BCUT2D eigenvalue weighted by atomic mass is 35.5. The zero-order valence-corrected chi connectivity index (χ0v) is 16.2. The molecule has 2 aromatic rings. The van der Waals surface area contributed by atoms with Gasteiger partial charge >= 0.3 is 0 Å². The Balaban J connectivity index is 1.39. The molecule has 1 fully saturated rings. The molecule has 27 heavy (non-hydrogen) atoms. The van der Waals surface area contributed by atoms with Crippen LogP contribution in [0.5, 0.6) is 5.75 Å². The van der Waals surface area contributed by atoms with Crippen molar-refractivity contribution in [3.05, 3.63) is 57.0 Å². The second-order valence-electron chi connectivity index (χ2n) is 7.17. The van der Waals surface area contributed by atoms with Gasteiger partial charge in [-0.05, 0) is 55.3 Å². The van der Waals surface area contributed by atoms with Gasteiger partial charge in [0.15, 0.2) is 0 Å². The summed E-state index contributed by atoms with van der Waals surface area (Å²) >= 11 is 7.97. The molecule has 142 valence electrons. The Morgan fingerprint density at radius 2 is 2.15 bits per heavy atom. The topological polar surface area (TPSA) is 68.8 Å². The summed E-state index contributed by atoms with van der Waals surface area (Å²) in [5.41, 5.74) is 9.54. The highest BCUT2D eigenvalue weighted by Gasteiger charge is 2.44. The van der Waals surface area contributed by atoms with Gasteiger partial charge in [-0.1, -0.05) is 11.6 Å². The third-order valence-corrected chi connectivity index (χ3v) is 6.98. The van der Waals surface area contributed by atoms with Crippen molar-refractivity contribution in [3.63, 3.8) is 0 Å². The molecule has 3 aliphatic heterocycles. The molecular weight excluding hydrogens is 384 g/mol. The molecule has 5 rings (SSSR count). The largest absolute Gasteiger partial charge is 0.508 e. The molecule has 1 aromatic carbocycles.